The Kier molecular flexibility index (Phi) is 7.37. The van der Waals surface area contributed by atoms with E-state index in [4.69, 9.17) is 0 Å². The normalized spacial score (nSPS) is 12.6. The van der Waals surface area contributed by atoms with Crippen LogP contribution in [0.5, 0.6) is 0 Å². The van der Waals surface area contributed by atoms with Crippen molar-refractivity contribution in [1.29, 1.82) is 0 Å². The van der Waals surface area contributed by atoms with Gasteiger partial charge in [-0.15, -0.1) is 10.2 Å². The van der Waals surface area contributed by atoms with Crippen molar-refractivity contribution in [3.05, 3.63) is 132 Å². The van der Waals surface area contributed by atoms with Crippen LogP contribution in [0.3, 0.4) is 0 Å². The van der Waals surface area contributed by atoms with E-state index in [0.29, 0.717) is 5.92 Å². The molecular weight excluding hydrogens is 548 g/mol. The van der Waals surface area contributed by atoms with Crippen LogP contribution in [-0.2, 0) is 5.41 Å². The summed E-state index contributed by atoms with van der Waals surface area (Å²) >= 11 is 0. The lowest BCUT2D eigenvalue weighted by Crippen LogP contribution is -2.15. The van der Waals surface area contributed by atoms with Crippen molar-refractivity contribution in [3.8, 4) is 34.2 Å². The topological polar surface area (TPSA) is 35.6 Å². The van der Waals surface area contributed by atoms with Gasteiger partial charge in [0.1, 0.15) is 0 Å². The number of aromatic nitrogens is 4. The Morgan fingerprint density at radius 2 is 1.11 bits per heavy atom. The van der Waals surface area contributed by atoms with E-state index in [1.54, 1.807) is 0 Å². The van der Waals surface area contributed by atoms with Crippen molar-refractivity contribution >= 4 is 21.8 Å². The highest BCUT2D eigenvalue weighted by atomic mass is 15.3. The zero-order valence-electron chi connectivity index (χ0n) is 26.8. The summed E-state index contributed by atoms with van der Waals surface area (Å²) in [5, 5.41) is 12.0. The molecule has 1 unspecified atom stereocenters. The van der Waals surface area contributed by atoms with Crippen LogP contribution in [0.1, 0.15) is 64.5 Å². The van der Waals surface area contributed by atoms with Crippen LogP contribution >= 0.6 is 0 Å². The molecule has 224 valence electrons. The van der Waals surface area contributed by atoms with Gasteiger partial charge in [0.05, 0.1) is 11.0 Å². The van der Waals surface area contributed by atoms with E-state index < -0.39 is 0 Å². The minimum absolute atomic E-state index is 0.115. The molecule has 45 heavy (non-hydrogen) atoms. The minimum atomic E-state index is 0.115. The highest BCUT2D eigenvalue weighted by Gasteiger charge is 2.22. The average Bonchev–Trinajstić information content (AvgIpc) is 3.68. The Labute approximate surface area is 266 Å². The van der Waals surface area contributed by atoms with Gasteiger partial charge in [-0.2, -0.15) is 0 Å². The third kappa shape index (κ3) is 5.04. The summed E-state index contributed by atoms with van der Waals surface area (Å²) in [6, 6.07) is 43.5. The maximum Gasteiger partial charge on any atom is 0.168 e. The maximum atomic E-state index is 4.67. The fraction of sp³-hybridized carbons (Fsp3) is 0.220. The first-order valence-electron chi connectivity index (χ1n) is 16.1. The monoisotopic (exact) mass is 588 g/mol. The number of nitrogens with zero attached hydrogens (tertiary/aromatic N) is 4. The lowest BCUT2D eigenvalue weighted by molar-refractivity contribution is 0.507. The van der Waals surface area contributed by atoms with Crippen LogP contribution in [0, 0.1) is 0 Å². The lowest BCUT2D eigenvalue weighted by atomic mass is 9.82. The van der Waals surface area contributed by atoms with Gasteiger partial charge in [-0.1, -0.05) is 107 Å². The number of benzene rings is 5. The van der Waals surface area contributed by atoms with Gasteiger partial charge in [-0.25, -0.2) is 0 Å². The second kappa shape index (κ2) is 11.5. The van der Waals surface area contributed by atoms with Crippen LogP contribution in [0.4, 0.5) is 0 Å². The largest absolute Gasteiger partial charge is 0.309 e. The molecule has 0 N–H and O–H groups in total. The van der Waals surface area contributed by atoms with Gasteiger partial charge in [-0.05, 0) is 83.8 Å². The Bertz CT molecular complexity index is 2040. The van der Waals surface area contributed by atoms with Crippen molar-refractivity contribution in [2.24, 2.45) is 0 Å². The van der Waals surface area contributed by atoms with Crippen molar-refractivity contribution in [1.82, 2.24) is 19.3 Å². The van der Waals surface area contributed by atoms with Gasteiger partial charge in [0.2, 0.25) is 0 Å². The number of hydrogen-bond acceptors (Lipinski definition) is 2. The first-order chi connectivity index (χ1) is 21.9. The molecule has 0 aliphatic carbocycles. The third-order valence-electron chi connectivity index (χ3n) is 9.73. The Morgan fingerprint density at radius 3 is 1.64 bits per heavy atom. The van der Waals surface area contributed by atoms with Crippen LogP contribution < -0.4 is 0 Å². The van der Waals surface area contributed by atoms with Crippen molar-refractivity contribution in [2.45, 2.75) is 58.8 Å². The van der Waals surface area contributed by atoms with Gasteiger partial charge in [-0.3, -0.25) is 4.57 Å². The molecule has 0 saturated heterocycles. The number of rotatable bonds is 8. The van der Waals surface area contributed by atoms with Gasteiger partial charge >= 0.3 is 0 Å². The highest BCUT2D eigenvalue weighted by Crippen LogP contribution is 2.38. The SMILES string of the molecule is CCC(C)c1ccc2c(c1)c1cc(C(C)(C)CC)ccc1n2-c1ccc(-n2c(-c3ccccc3)nnc2-c2ccccc2)cc1. The molecule has 4 heteroatoms. The first kappa shape index (κ1) is 28.8. The molecule has 2 aromatic heterocycles. The average molecular weight is 589 g/mol. The van der Waals surface area contributed by atoms with Gasteiger partial charge in [0, 0.05) is 33.3 Å². The van der Waals surface area contributed by atoms with Crippen molar-refractivity contribution in [3.63, 3.8) is 0 Å². The summed E-state index contributed by atoms with van der Waals surface area (Å²) in [6.45, 7) is 11.6. The highest BCUT2D eigenvalue weighted by molar-refractivity contribution is 6.09. The van der Waals surface area contributed by atoms with Crippen molar-refractivity contribution in [2.75, 3.05) is 0 Å². The molecule has 0 radical (unpaired) electrons. The van der Waals surface area contributed by atoms with E-state index >= 15 is 0 Å². The molecule has 5 aromatic carbocycles. The molecule has 0 amide bonds. The molecule has 0 aliphatic heterocycles. The molecule has 0 spiro atoms. The maximum absolute atomic E-state index is 4.67. The molecule has 4 nitrogen and oxygen atoms in total. The number of hydrogen-bond donors (Lipinski definition) is 0. The Hall–Kier alpha value is -4.96. The second-order valence-electron chi connectivity index (χ2n) is 12.8. The zero-order valence-corrected chi connectivity index (χ0v) is 26.8. The lowest BCUT2D eigenvalue weighted by Gasteiger charge is -2.23. The fourth-order valence-electron chi connectivity index (χ4n) is 6.31. The second-order valence-corrected chi connectivity index (χ2v) is 12.8. The molecule has 2 heterocycles. The predicted octanol–water partition coefficient (Wildman–Crippen LogP) is 10.9. The van der Waals surface area contributed by atoms with Crippen LogP contribution in [-0.4, -0.2) is 19.3 Å². The first-order valence-corrected chi connectivity index (χ1v) is 16.1. The molecule has 1 atom stereocenters. The summed E-state index contributed by atoms with van der Waals surface area (Å²) in [4.78, 5) is 0. The molecule has 0 aliphatic rings. The van der Waals surface area contributed by atoms with Gasteiger partial charge in [0.15, 0.2) is 11.6 Å². The fourth-order valence-corrected chi connectivity index (χ4v) is 6.31. The van der Waals surface area contributed by atoms with Gasteiger partial charge in [0.25, 0.3) is 0 Å². The summed E-state index contributed by atoms with van der Waals surface area (Å²) in [5.41, 5.74) is 9.57. The zero-order chi connectivity index (χ0) is 31.1. The van der Waals surface area contributed by atoms with E-state index in [1.165, 1.54) is 32.9 Å². The van der Waals surface area contributed by atoms with Crippen LogP contribution in [0.25, 0.3) is 56.0 Å². The van der Waals surface area contributed by atoms with Crippen LogP contribution in [0.15, 0.2) is 121 Å². The standard InChI is InChI=1S/C41H40N4/c1-6-28(3)31-18-24-37-35(26-31)36-27-32(41(4,5)7-2)19-25-38(36)44(37)33-20-22-34(23-21-33)45-39(29-14-10-8-11-15-29)42-43-40(45)30-16-12-9-13-17-30/h8-28H,6-7H2,1-5H3. The molecule has 0 bridgehead atoms. The predicted molar refractivity (Wildman–Crippen MR) is 189 cm³/mol. The quantitative estimate of drug-likeness (QED) is 0.177. The summed E-state index contributed by atoms with van der Waals surface area (Å²) in [7, 11) is 0. The van der Waals surface area contributed by atoms with Crippen LogP contribution in [0.2, 0.25) is 0 Å². The Balaban J connectivity index is 1.41. The third-order valence-corrected chi connectivity index (χ3v) is 9.73. The van der Waals surface area contributed by atoms with E-state index in [9.17, 15) is 0 Å². The summed E-state index contributed by atoms with van der Waals surface area (Å²) in [5.74, 6) is 2.16. The summed E-state index contributed by atoms with van der Waals surface area (Å²) in [6.07, 6.45) is 2.22. The number of fused-ring (bicyclic) bond motifs is 3. The molecule has 0 fully saturated rings. The molecular formula is C41H40N4. The van der Waals surface area contributed by atoms with E-state index in [0.717, 1.165) is 47.0 Å². The Morgan fingerprint density at radius 1 is 0.600 bits per heavy atom. The van der Waals surface area contributed by atoms with E-state index in [1.807, 2.05) is 36.4 Å². The van der Waals surface area contributed by atoms with E-state index in [-0.39, 0.29) is 5.41 Å². The molecule has 0 saturated carbocycles. The molecule has 7 aromatic rings. The van der Waals surface area contributed by atoms with E-state index in [2.05, 4.69) is 139 Å². The smallest absolute Gasteiger partial charge is 0.168 e. The minimum Gasteiger partial charge on any atom is -0.309 e. The summed E-state index contributed by atoms with van der Waals surface area (Å²) < 4.78 is 4.58. The van der Waals surface area contributed by atoms with Crippen molar-refractivity contribution < 1.29 is 0 Å². The molecule has 7 rings (SSSR count). The van der Waals surface area contributed by atoms with Gasteiger partial charge < -0.3 is 4.57 Å².